The van der Waals surface area contributed by atoms with Crippen molar-refractivity contribution in [1.82, 2.24) is 14.5 Å². The Morgan fingerprint density at radius 2 is 1.83 bits per heavy atom. The van der Waals surface area contributed by atoms with E-state index in [-0.39, 0.29) is 5.56 Å². The third kappa shape index (κ3) is 2.19. The predicted molar refractivity (Wildman–Crippen MR) is 93.2 cm³/mol. The summed E-state index contributed by atoms with van der Waals surface area (Å²) in [4.78, 5) is 32.2. The molecule has 6 heteroatoms. The quantitative estimate of drug-likeness (QED) is 0.562. The molecule has 0 aliphatic heterocycles. The number of halogens is 1. The molecule has 0 amide bonds. The standard InChI is InChI=1S/C17H10BrN3O2/c18-11-5-6-13-14(7-11)20-17(23)21(16(13)22)15-9-19-8-10-3-1-2-4-12(10)15/h1-9H,(H,20,23). The molecule has 23 heavy (non-hydrogen) atoms. The monoisotopic (exact) mass is 367 g/mol. The van der Waals surface area contributed by atoms with Crippen molar-refractivity contribution in [3.8, 4) is 5.69 Å². The van der Waals surface area contributed by atoms with Crippen LogP contribution in [0.4, 0.5) is 0 Å². The van der Waals surface area contributed by atoms with Gasteiger partial charge in [-0.05, 0) is 18.2 Å². The Morgan fingerprint density at radius 3 is 2.70 bits per heavy atom. The molecule has 2 aromatic carbocycles. The molecular weight excluding hydrogens is 358 g/mol. The molecule has 0 spiro atoms. The van der Waals surface area contributed by atoms with Gasteiger partial charge in [-0.15, -0.1) is 0 Å². The minimum atomic E-state index is -0.487. The van der Waals surface area contributed by atoms with Gasteiger partial charge < -0.3 is 4.98 Å². The lowest BCUT2D eigenvalue weighted by Gasteiger charge is -2.09. The highest BCUT2D eigenvalue weighted by Crippen LogP contribution is 2.20. The van der Waals surface area contributed by atoms with Crippen molar-refractivity contribution in [2.75, 3.05) is 0 Å². The second-order valence-electron chi connectivity index (χ2n) is 5.14. The van der Waals surface area contributed by atoms with Crippen molar-refractivity contribution in [3.05, 3.63) is 80.2 Å². The fourth-order valence-corrected chi connectivity index (χ4v) is 3.05. The number of benzene rings is 2. The average Bonchev–Trinajstić information content (AvgIpc) is 2.54. The molecule has 0 saturated carbocycles. The lowest BCUT2D eigenvalue weighted by Crippen LogP contribution is -2.33. The maximum Gasteiger partial charge on any atom is 0.333 e. The number of aromatic amines is 1. The van der Waals surface area contributed by atoms with Gasteiger partial charge in [-0.3, -0.25) is 9.78 Å². The Hall–Kier alpha value is -2.73. The Morgan fingerprint density at radius 1 is 1.00 bits per heavy atom. The van der Waals surface area contributed by atoms with E-state index in [1.165, 1.54) is 6.20 Å². The first-order valence-electron chi connectivity index (χ1n) is 6.93. The zero-order chi connectivity index (χ0) is 16.0. The molecule has 2 aromatic heterocycles. The van der Waals surface area contributed by atoms with Crippen LogP contribution in [-0.2, 0) is 0 Å². The first-order valence-corrected chi connectivity index (χ1v) is 7.72. The Balaban J connectivity index is 2.15. The van der Waals surface area contributed by atoms with Gasteiger partial charge >= 0.3 is 5.69 Å². The molecule has 0 fully saturated rings. The van der Waals surface area contributed by atoms with Crippen LogP contribution < -0.4 is 11.2 Å². The minimum Gasteiger partial charge on any atom is -0.306 e. The van der Waals surface area contributed by atoms with Crippen molar-refractivity contribution < 1.29 is 0 Å². The molecule has 0 radical (unpaired) electrons. The number of H-pyrrole nitrogens is 1. The second-order valence-corrected chi connectivity index (χ2v) is 6.06. The summed E-state index contributed by atoms with van der Waals surface area (Å²) in [5.74, 6) is 0. The van der Waals surface area contributed by atoms with Crippen LogP contribution in [0.1, 0.15) is 0 Å². The molecular formula is C17H10BrN3O2. The molecule has 0 unspecified atom stereocenters. The normalized spacial score (nSPS) is 11.2. The molecule has 112 valence electrons. The molecule has 0 atom stereocenters. The molecule has 0 aliphatic carbocycles. The van der Waals surface area contributed by atoms with E-state index >= 15 is 0 Å². The number of rotatable bonds is 1. The lowest BCUT2D eigenvalue weighted by atomic mass is 10.1. The van der Waals surface area contributed by atoms with E-state index in [4.69, 9.17) is 0 Å². The third-order valence-electron chi connectivity index (χ3n) is 3.75. The molecule has 0 saturated heterocycles. The zero-order valence-corrected chi connectivity index (χ0v) is 13.4. The molecule has 4 aromatic rings. The van der Waals surface area contributed by atoms with Crippen LogP contribution in [-0.4, -0.2) is 14.5 Å². The van der Waals surface area contributed by atoms with E-state index < -0.39 is 5.69 Å². The van der Waals surface area contributed by atoms with Gasteiger partial charge in [0.2, 0.25) is 0 Å². The Kier molecular flexibility index (Phi) is 3.12. The number of pyridine rings is 1. The minimum absolute atomic E-state index is 0.366. The summed E-state index contributed by atoms with van der Waals surface area (Å²) < 4.78 is 1.93. The van der Waals surface area contributed by atoms with Gasteiger partial charge in [-0.2, -0.15) is 0 Å². The summed E-state index contributed by atoms with van der Waals surface area (Å²) in [6, 6.07) is 12.7. The summed E-state index contributed by atoms with van der Waals surface area (Å²) in [5.41, 5.74) is 0.117. The van der Waals surface area contributed by atoms with Crippen LogP contribution in [0.2, 0.25) is 0 Å². The van der Waals surface area contributed by atoms with Gasteiger partial charge in [0.1, 0.15) is 0 Å². The van der Waals surface area contributed by atoms with Gasteiger partial charge in [-0.25, -0.2) is 9.36 Å². The number of nitrogens with zero attached hydrogens (tertiary/aromatic N) is 2. The molecule has 0 aliphatic rings. The SMILES string of the molecule is O=c1[nH]c2cc(Br)ccc2c(=O)n1-c1cncc2ccccc12. The van der Waals surface area contributed by atoms with Gasteiger partial charge in [0.15, 0.2) is 0 Å². The van der Waals surface area contributed by atoms with E-state index in [1.807, 2.05) is 24.3 Å². The molecule has 4 rings (SSSR count). The first-order chi connectivity index (χ1) is 11.1. The number of hydrogen-bond acceptors (Lipinski definition) is 3. The van der Waals surface area contributed by atoms with E-state index in [1.54, 1.807) is 24.4 Å². The Labute approximate surface area is 138 Å². The summed E-state index contributed by atoms with van der Waals surface area (Å²) in [7, 11) is 0. The fourth-order valence-electron chi connectivity index (χ4n) is 2.69. The van der Waals surface area contributed by atoms with Crippen LogP contribution in [0.5, 0.6) is 0 Å². The highest BCUT2D eigenvalue weighted by atomic mass is 79.9. The summed E-state index contributed by atoms with van der Waals surface area (Å²) in [6.07, 6.45) is 3.24. The third-order valence-corrected chi connectivity index (χ3v) is 4.24. The topological polar surface area (TPSA) is 67.8 Å². The number of hydrogen-bond donors (Lipinski definition) is 1. The molecule has 5 nitrogen and oxygen atoms in total. The average molecular weight is 368 g/mol. The summed E-state index contributed by atoms with van der Waals surface area (Å²) in [6.45, 7) is 0. The second kappa shape index (κ2) is 5.17. The van der Waals surface area contributed by atoms with Crippen LogP contribution >= 0.6 is 15.9 Å². The number of aromatic nitrogens is 3. The molecule has 2 heterocycles. The van der Waals surface area contributed by atoms with Crippen molar-refractivity contribution in [3.63, 3.8) is 0 Å². The first kappa shape index (κ1) is 13.9. The van der Waals surface area contributed by atoms with E-state index in [2.05, 4.69) is 25.9 Å². The van der Waals surface area contributed by atoms with E-state index in [0.717, 1.165) is 19.8 Å². The van der Waals surface area contributed by atoms with Crippen LogP contribution in [0.25, 0.3) is 27.4 Å². The smallest absolute Gasteiger partial charge is 0.306 e. The largest absolute Gasteiger partial charge is 0.333 e. The van der Waals surface area contributed by atoms with E-state index in [0.29, 0.717) is 16.6 Å². The van der Waals surface area contributed by atoms with E-state index in [9.17, 15) is 9.59 Å². The van der Waals surface area contributed by atoms with Crippen molar-refractivity contribution in [2.45, 2.75) is 0 Å². The zero-order valence-electron chi connectivity index (χ0n) is 11.8. The highest BCUT2D eigenvalue weighted by molar-refractivity contribution is 9.10. The summed E-state index contributed by atoms with van der Waals surface area (Å²) in [5, 5.41) is 2.11. The van der Waals surface area contributed by atoms with Crippen LogP contribution in [0.3, 0.4) is 0 Å². The maximum absolute atomic E-state index is 12.8. The maximum atomic E-state index is 12.8. The van der Waals surface area contributed by atoms with Gasteiger partial charge in [0.05, 0.1) is 22.8 Å². The van der Waals surface area contributed by atoms with Crippen molar-refractivity contribution >= 4 is 37.6 Å². The number of nitrogens with one attached hydrogen (secondary N) is 1. The van der Waals surface area contributed by atoms with Crippen molar-refractivity contribution in [1.29, 1.82) is 0 Å². The molecule has 1 N–H and O–H groups in total. The van der Waals surface area contributed by atoms with Gasteiger partial charge in [0, 0.05) is 21.4 Å². The van der Waals surface area contributed by atoms with Crippen LogP contribution in [0, 0.1) is 0 Å². The van der Waals surface area contributed by atoms with Gasteiger partial charge in [-0.1, -0.05) is 40.2 Å². The Bertz CT molecular complexity index is 1170. The van der Waals surface area contributed by atoms with Crippen molar-refractivity contribution in [2.24, 2.45) is 0 Å². The lowest BCUT2D eigenvalue weighted by molar-refractivity contribution is 0.902. The predicted octanol–water partition coefficient (Wildman–Crippen LogP) is 2.99. The number of fused-ring (bicyclic) bond motifs is 2. The molecule has 0 bridgehead atoms. The highest BCUT2D eigenvalue weighted by Gasteiger charge is 2.12. The van der Waals surface area contributed by atoms with Gasteiger partial charge in [0.25, 0.3) is 5.56 Å². The fraction of sp³-hybridized carbons (Fsp3) is 0. The van der Waals surface area contributed by atoms with Crippen LogP contribution in [0.15, 0.2) is 68.9 Å². The summed E-state index contributed by atoms with van der Waals surface area (Å²) >= 11 is 3.34.